The van der Waals surface area contributed by atoms with E-state index in [2.05, 4.69) is 33.8 Å². The molecule has 0 aromatic carbocycles. The Kier molecular flexibility index (Phi) is 3.27. The molecule has 0 aliphatic heterocycles. The zero-order valence-electron chi connectivity index (χ0n) is 8.18. The van der Waals surface area contributed by atoms with Gasteiger partial charge in [0.2, 0.25) is 0 Å². The van der Waals surface area contributed by atoms with E-state index >= 15 is 0 Å². The SMILES string of the molecule is CCSOC1=C(C)C(C)=CC1C. The topological polar surface area (TPSA) is 9.23 Å². The van der Waals surface area contributed by atoms with E-state index < -0.39 is 0 Å². The van der Waals surface area contributed by atoms with E-state index in [1.54, 1.807) is 0 Å². The molecule has 0 spiro atoms. The lowest BCUT2D eigenvalue weighted by atomic mass is 10.2. The highest BCUT2D eigenvalue weighted by Gasteiger charge is 2.19. The zero-order valence-corrected chi connectivity index (χ0v) is 8.99. The predicted molar refractivity (Wildman–Crippen MR) is 54.8 cm³/mol. The van der Waals surface area contributed by atoms with Crippen LogP contribution in [0.1, 0.15) is 27.7 Å². The molecule has 0 aromatic rings. The van der Waals surface area contributed by atoms with Gasteiger partial charge in [-0.3, -0.25) is 0 Å². The van der Waals surface area contributed by atoms with E-state index in [1.165, 1.54) is 23.2 Å². The average Bonchev–Trinajstić information content (AvgIpc) is 2.25. The van der Waals surface area contributed by atoms with Crippen LogP contribution in [0.4, 0.5) is 0 Å². The highest BCUT2D eigenvalue weighted by molar-refractivity contribution is 7.94. The third kappa shape index (κ3) is 1.86. The van der Waals surface area contributed by atoms with E-state index in [-0.39, 0.29) is 0 Å². The van der Waals surface area contributed by atoms with Crippen LogP contribution in [0.5, 0.6) is 0 Å². The third-order valence-electron chi connectivity index (χ3n) is 2.14. The summed E-state index contributed by atoms with van der Waals surface area (Å²) in [6.45, 7) is 8.53. The second kappa shape index (κ2) is 4.04. The van der Waals surface area contributed by atoms with Crippen molar-refractivity contribution in [2.75, 3.05) is 5.75 Å². The molecule has 0 fully saturated rings. The van der Waals surface area contributed by atoms with Gasteiger partial charge in [-0.05, 0) is 25.0 Å². The molecular formula is C10H16OS. The van der Waals surface area contributed by atoms with E-state index in [0.717, 1.165) is 11.5 Å². The summed E-state index contributed by atoms with van der Waals surface area (Å²) in [4.78, 5) is 0. The summed E-state index contributed by atoms with van der Waals surface area (Å²) < 4.78 is 5.59. The van der Waals surface area contributed by atoms with E-state index in [1.807, 2.05) is 0 Å². The highest BCUT2D eigenvalue weighted by Crippen LogP contribution is 2.33. The minimum Gasteiger partial charge on any atom is -0.429 e. The first-order valence-corrected chi connectivity index (χ1v) is 5.27. The maximum absolute atomic E-state index is 5.59. The summed E-state index contributed by atoms with van der Waals surface area (Å²) in [6.07, 6.45) is 2.25. The van der Waals surface area contributed by atoms with Crippen molar-refractivity contribution in [3.8, 4) is 0 Å². The molecule has 0 aromatic heterocycles. The molecule has 0 heterocycles. The quantitative estimate of drug-likeness (QED) is 0.620. The molecule has 68 valence electrons. The molecule has 0 N–H and O–H groups in total. The molecule has 1 aliphatic carbocycles. The molecule has 0 amide bonds. The zero-order chi connectivity index (χ0) is 9.14. The monoisotopic (exact) mass is 184 g/mol. The molecule has 0 bridgehead atoms. The van der Waals surface area contributed by atoms with E-state index in [4.69, 9.17) is 4.18 Å². The number of hydrogen-bond acceptors (Lipinski definition) is 2. The summed E-state index contributed by atoms with van der Waals surface area (Å²) in [6, 6.07) is 0. The maximum atomic E-state index is 5.59. The van der Waals surface area contributed by atoms with Crippen molar-refractivity contribution in [2.24, 2.45) is 5.92 Å². The van der Waals surface area contributed by atoms with Crippen molar-refractivity contribution in [3.63, 3.8) is 0 Å². The Morgan fingerprint density at radius 2 is 2.17 bits per heavy atom. The average molecular weight is 184 g/mol. The second-order valence-corrected chi connectivity index (χ2v) is 4.10. The first-order valence-electron chi connectivity index (χ1n) is 4.35. The molecule has 1 unspecified atom stereocenters. The highest BCUT2D eigenvalue weighted by atomic mass is 32.2. The van der Waals surface area contributed by atoms with Gasteiger partial charge in [0.05, 0.1) is 12.0 Å². The van der Waals surface area contributed by atoms with Crippen molar-refractivity contribution in [1.29, 1.82) is 0 Å². The maximum Gasteiger partial charge on any atom is 0.124 e. The van der Waals surface area contributed by atoms with Crippen LogP contribution in [-0.2, 0) is 4.18 Å². The third-order valence-corrected chi connectivity index (χ3v) is 2.67. The van der Waals surface area contributed by atoms with Crippen LogP contribution in [0.25, 0.3) is 0 Å². The van der Waals surface area contributed by atoms with Crippen LogP contribution >= 0.6 is 12.0 Å². The summed E-state index contributed by atoms with van der Waals surface area (Å²) in [5.74, 6) is 2.60. The Labute approximate surface area is 79.1 Å². The summed E-state index contributed by atoms with van der Waals surface area (Å²) in [5, 5.41) is 0. The molecule has 0 saturated heterocycles. The van der Waals surface area contributed by atoms with Crippen LogP contribution < -0.4 is 0 Å². The van der Waals surface area contributed by atoms with Gasteiger partial charge in [0.15, 0.2) is 0 Å². The predicted octanol–water partition coefficient (Wildman–Crippen LogP) is 3.54. The van der Waals surface area contributed by atoms with Crippen LogP contribution in [0.2, 0.25) is 0 Å². The molecule has 0 radical (unpaired) electrons. The van der Waals surface area contributed by atoms with Crippen LogP contribution in [-0.4, -0.2) is 5.75 Å². The normalized spacial score (nSPS) is 23.0. The van der Waals surface area contributed by atoms with E-state index in [9.17, 15) is 0 Å². The largest absolute Gasteiger partial charge is 0.429 e. The summed E-state index contributed by atoms with van der Waals surface area (Å²) in [5.41, 5.74) is 2.66. The molecular weight excluding hydrogens is 168 g/mol. The summed E-state index contributed by atoms with van der Waals surface area (Å²) in [7, 11) is 0. The first-order chi connectivity index (χ1) is 5.66. The fourth-order valence-electron chi connectivity index (χ4n) is 1.37. The lowest BCUT2D eigenvalue weighted by Gasteiger charge is -2.09. The van der Waals surface area contributed by atoms with Gasteiger partial charge in [0, 0.05) is 11.7 Å². The van der Waals surface area contributed by atoms with Gasteiger partial charge in [-0.1, -0.05) is 19.9 Å². The Bertz CT molecular complexity index is 228. The van der Waals surface area contributed by atoms with Crippen molar-refractivity contribution < 1.29 is 4.18 Å². The fourth-order valence-corrected chi connectivity index (χ4v) is 1.89. The van der Waals surface area contributed by atoms with E-state index in [0.29, 0.717) is 5.92 Å². The van der Waals surface area contributed by atoms with Crippen LogP contribution in [0.15, 0.2) is 23.0 Å². The Morgan fingerprint density at radius 1 is 1.50 bits per heavy atom. The molecule has 1 nitrogen and oxygen atoms in total. The Balaban J connectivity index is 2.65. The lowest BCUT2D eigenvalue weighted by Crippen LogP contribution is -1.94. The van der Waals surface area contributed by atoms with Crippen LogP contribution in [0, 0.1) is 5.92 Å². The number of hydrogen-bond donors (Lipinski definition) is 0. The standard InChI is InChI=1S/C10H16OS/c1-5-12-11-10-8(3)6-7(2)9(10)4/h6,8H,5H2,1-4H3. The van der Waals surface area contributed by atoms with Crippen molar-refractivity contribution in [1.82, 2.24) is 0 Å². The molecule has 1 aliphatic rings. The van der Waals surface area contributed by atoms with Gasteiger partial charge >= 0.3 is 0 Å². The second-order valence-electron chi connectivity index (χ2n) is 3.12. The molecule has 2 heteroatoms. The van der Waals surface area contributed by atoms with Crippen molar-refractivity contribution in [2.45, 2.75) is 27.7 Å². The van der Waals surface area contributed by atoms with Gasteiger partial charge in [-0.15, -0.1) is 0 Å². The number of allylic oxidation sites excluding steroid dienone is 3. The Morgan fingerprint density at radius 3 is 2.58 bits per heavy atom. The van der Waals surface area contributed by atoms with Gasteiger partial charge in [-0.2, -0.15) is 0 Å². The van der Waals surface area contributed by atoms with Gasteiger partial charge in [0.25, 0.3) is 0 Å². The van der Waals surface area contributed by atoms with Crippen molar-refractivity contribution >= 4 is 12.0 Å². The molecule has 12 heavy (non-hydrogen) atoms. The minimum atomic E-state index is 0.462. The molecule has 0 saturated carbocycles. The molecule has 1 rings (SSSR count). The smallest absolute Gasteiger partial charge is 0.124 e. The first kappa shape index (κ1) is 9.72. The fraction of sp³-hybridized carbons (Fsp3) is 0.600. The van der Waals surface area contributed by atoms with Gasteiger partial charge < -0.3 is 4.18 Å². The number of rotatable bonds is 3. The van der Waals surface area contributed by atoms with Crippen molar-refractivity contribution in [3.05, 3.63) is 23.0 Å². The lowest BCUT2D eigenvalue weighted by molar-refractivity contribution is 0.441. The summed E-state index contributed by atoms with van der Waals surface area (Å²) >= 11 is 1.52. The minimum absolute atomic E-state index is 0.462. The van der Waals surface area contributed by atoms with Crippen LogP contribution in [0.3, 0.4) is 0 Å². The van der Waals surface area contributed by atoms with Gasteiger partial charge in [0.1, 0.15) is 5.76 Å². The Hall–Kier alpha value is -0.370. The molecule has 1 atom stereocenters. The van der Waals surface area contributed by atoms with Gasteiger partial charge in [-0.25, -0.2) is 0 Å².